The smallest absolute Gasteiger partial charge is 0.410 e. The summed E-state index contributed by atoms with van der Waals surface area (Å²) in [6, 6.07) is 8.71. The number of nitrogens with zero attached hydrogens (tertiary/aromatic N) is 5. The summed E-state index contributed by atoms with van der Waals surface area (Å²) in [5.41, 5.74) is 4.59. The van der Waals surface area contributed by atoms with Crippen LogP contribution < -0.4 is 5.32 Å². The van der Waals surface area contributed by atoms with Crippen molar-refractivity contribution in [3.8, 4) is 11.1 Å². The molecule has 2 N–H and O–H groups in total. The molecule has 0 bridgehead atoms. The number of benzene rings is 1. The van der Waals surface area contributed by atoms with Gasteiger partial charge in [-0.2, -0.15) is 5.10 Å². The van der Waals surface area contributed by atoms with Gasteiger partial charge in [0.1, 0.15) is 12.1 Å². The molecule has 1 aliphatic heterocycles. The van der Waals surface area contributed by atoms with E-state index in [-0.39, 0.29) is 24.6 Å². The Morgan fingerprint density at radius 1 is 1.08 bits per heavy atom. The van der Waals surface area contributed by atoms with E-state index in [1.165, 1.54) is 15.8 Å². The molecular formula is C28H34N6O4. The van der Waals surface area contributed by atoms with Crippen molar-refractivity contribution in [1.82, 2.24) is 24.6 Å². The molecule has 1 fully saturated rings. The van der Waals surface area contributed by atoms with Crippen LogP contribution in [0.5, 0.6) is 0 Å². The molecule has 3 heterocycles. The molecule has 1 amide bonds. The van der Waals surface area contributed by atoms with Gasteiger partial charge in [-0.25, -0.2) is 14.8 Å². The van der Waals surface area contributed by atoms with Crippen molar-refractivity contribution in [1.29, 1.82) is 0 Å². The van der Waals surface area contributed by atoms with E-state index in [2.05, 4.69) is 44.6 Å². The van der Waals surface area contributed by atoms with Crippen molar-refractivity contribution in [2.75, 3.05) is 18.4 Å². The molecule has 2 aliphatic rings. The van der Waals surface area contributed by atoms with Gasteiger partial charge in [-0.05, 0) is 57.6 Å². The van der Waals surface area contributed by atoms with Crippen molar-refractivity contribution >= 4 is 18.0 Å². The van der Waals surface area contributed by atoms with Crippen LogP contribution in [-0.2, 0) is 28.9 Å². The molecule has 1 saturated heterocycles. The van der Waals surface area contributed by atoms with E-state index in [1.54, 1.807) is 23.5 Å². The molecule has 2 aromatic heterocycles. The van der Waals surface area contributed by atoms with E-state index in [0.717, 1.165) is 29.7 Å². The maximum Gasteiger partial charge on any atom is 0.410 e. The first-order valence-electron chi connectivity index (χ1n) is 13.1. The predicted molar refractivity (Wildman–Crippen MR) is 142 cm³/mol. The Bertz CT molecular complexity index is 1280. The molecule has 0 saturated carbocycles. The van der Waals surface area contributed by atoms with Crippen LogP contribution in [0.4, 0.5) is 10.7 Å². The van der Waals surface area contributed by atoms with E-state index >= 15 is 0 Å². The molecule has 1 aromatic carbocycles. The lowest BCUT2D eigenvalue weighted by Crippen LogP contribution is -2.41. The third-order valence-electron chi connectivity index (χ3n) is 6.97. The highest BCUT2D eigenvalue weighted by Gasteiger charge is 2.30. The summed E-state index contributed by atoms with van der Waals surface area (Å²) in [6.45, 7) is 6.44. The third kappa shape index (κ3) is 5.95. The number of anilines is 1. The first kappa shape index (κ1) is 25.7. The van der Waals surface area contributed by atoms with Gasteiger partial charge < -0.3 is 20.1 Å². The first-order valence-corrected chi connectivity index (χ1v) is 13.1. The molecule has 0 spiro atoms. The Balaban J connectivity index is 1.29. The van der Waals surface area contributed by atoms with Gasteiger partial charge in [0.05, 0.1) is 5.69 Å². The number of nitrogens with one attached hydrogen (secondary N) is 1. The summed E-state index contributed by atoms with van der Waals surface area (Å²) in [5.74, 6) is -0.316. The summed E-state index contributed by atoms with van der Waals surface area (Å²) in [6.07, 6.45) is 8.26. The predicted octanol–water partition coefficient (Wildman–Crippen LogP) is 4.12. The van der Waals surface area contributed by atoms with Crippen LogP contribution in [-0.4, -0.2) is 66.5 Å². The van der Waals surface area contributed by atoms with Crippen molar-refractivity contribution in [3.05, 3.63) is 59.7 Å². The number of aliphatic carboxylic acids is 1. The number of fused-ring (bicyclic) bond motifs is 1. The Kier molecular flexibility index (Phi) is 7.05. The normalized spacial score (nSPS) is 16.3. The van der Waals surface area contributed by atoms with Crippen molar-refractivity contribution in [2.45, 2.75) is 70.6 Å². The molecule has 3 aromatic rings. The van der Waals surface area contributed by atoms with Crippen LogP contribution >= 0.6 is 0 Å². The fourth-order valence-corrected chi connectivity index (χ4v) is 5.23. The Morgan fingerprint density at radius 2 is 1.71 bits per heavy atom. The largest absolute Gasteiger partial charge is 0.480 e. The van der Waals surface area contributed by atoms with Gasteiger partial charge in [-0.1, -0.05) is 24.3 Å². The molecule has 38 heavy (non-hydrogen) atoms. The quantitative estimate of drug-likeness (QED) is 0.500. The van der Waals surface area contributed by atoms with Gasteiger partial charge in [0.15, 0.2) is 0 Å². The Labute approximate surface area is 222 Å². The number of amides is 1. The van der Waals surface area contributed by atoms with Crippen molar-refractivity contribution < 1.29 is 19.4 Å². The number of carboxylic acids is 1. The molecule has 0 radical (unpaired) electrons. The van der Waals surface area contributed by atoms with E-state index in [9.17, 15) is 14.7 Å². The van der Waals surface area contributed by atoms with E-state index < -0.39 is 11.6 Å². The maximum absolute atomic E-state index is 12.5. The van der Waals surface area contributed by atoms with E-state index in [4.69, 9.17) is 4.74 Å². The first-order chi connectivity index (χ1) is 18.1. The van der Waals surface area contributed by atoms with Crippen LogP contribution in [0.1, 0.15) is 56.4 Å². The minimum Gasteiger partial charge on any atom is -0.480 e. The van der Waals surface area contributed by atoms with Gasteiger partial charge in [-0.3, -0.25) is 9.48 Å². The van der Waals surface area contributed by atoms with Gasteiger partial charge in [-0.15, -0.1) is 0 Å². The SMILES string of the molecule is CC(C)(C)OC(=O)N1CCC(c2nn(CC(=O)O)cc2-c2cnc(NC3Cc4ccccc4C3)nc2)CC1. The number of carbonyl (C=O) groups excluding carboxylic acids is 1. The fraction of sp³-hybridized carbons (Fsp3) is 0.464. The Morgan fingerprint density at radius 3 is 2.29 bits per heavy atom. The van der Waals surface area contributed by atoms with Gasteiger partial charge in [0.25, 0.3) is 0 Å². The zero-order valence-electron chi connectivity index (χ0n) is 22.1. The summed E-state index contributed by atoms with van der Waals surface area (Å²) in [5, 5.41) is 17.4. The van der Waals surface area contributed by atoms with E-state index in [0.29, 0.717) is 31.9 Å². The minimum absolute atomic E-state index is 0.0773. The number of hydrogen-bond acceptors (Lipinski definition) is 7. The summed E-state index contributed by atoms with van der Waals surface area (Å²) in [7, 11) is 0. The monoisotopic (exact) mass is 518 g/mol. The van der Waals surface area contributed by atoms with Gasteiger partial charge in [0, 0.05) is 54.8 Å². The highest BCUT2D eigenvalue weighted by molar-refractivity contribution is 5.69. The second-order valence-corrected chi connectivity index (χ2v) is 11.1. The van der Waals surface area contributed by atoms with Crippen LogP contribution in [0.3, 0.4) is 0 Å². The number of likely N-dealkylation sites (tertiary alicyclic amines) is 1. The molecule has 1 aliphatic carbocycles. The Hall–Kier alpha value is -3.95. The molecule has 10 nitrogen and oxygen atoms in total. The molecule has 200 valence electrons. The third-order valence-corrected chi connectivity index (χ3v) is 6.97. The summed E-state index contributed by atoms with van der Waals surface area (Å²) >= 11 is 0. The summed E-state index contributed by atoms with van der Waals surface area (Å²) < 4.78 is 6.97. The number of carbonyl (C=O) groups is 2. The number of carboxylic acid groups (broad SMARTS) is 1. The van der Waals surface area contributed by atoms with Crippen LogP contribution in [0, 0.1) is 0 Å². The maximum atomic E-state index is 12.5. The number of aromatic nitrogens is 4. The second kappa shape index (κ2) is 10.4. The van der Waals surface area contributed by atoms with Crippen LogP contribution in [0.15, 0.2) is 42.9 Å². The number of rotatable bonds is 6. The highest BCUT2D eigenvalue weighted by atomic mass is 16.6. The molecule has 5 rings (SSSR count). The number of piperidine rings is 1. The lowest BCUT2D eigenvalue weighted by Gasteiger charge is -2.33. The van der Waals surface area contributed by atoms with Crippen LogP contribution in [0.2, 0.25) is 0 Å². The lowest BCUT2D eigenvalue weighted by atomic mass is 9.90. The standard InChI is InChI=1S/C28H34N6O4/c1-28(2,3)38-27(37)33-10-8-18(9-11-33)25-23(16-34(32-25)17-24(35)36)21-14-29-26(30-15-21)31-22-12-19-6-4-5-7-20(19)13-22/h4-7,14-16,18,22H,8-13,17H2,1-3H3,(H,35,36)(H,29,30,31). The van der Waals surface area contributed by atoms with Gasteiger partial charge in [0.2, 0.25) is 5.95 Å². The van der Waals surface area contributed by atoms with Crippen LogP contribution in [0.25, 0.3) is 11.1 Å². The fourth-order valence-electron chi connectivity index (χ4n) is 5.23. The average Bonchev–Trinajstić information content (AvgIpc) is 3.47. The highest BCUT2D eigenvalue weighted by Crippen LogP contribution is 2.35. The molecule has 0 unspecified atom stereocenters. The molecule has 0 atom stereocenters. The second-order valence-electron chi connectivity index (χ2n) is 11.1. The number of ether oxygens (including phenoxy) is 1. The number of hydrogen-bond donors (Lipinski definition) is 2. The van der Waals surface area contributed by atoms with Crippen molar-refractivity contribution in [3.63, 3.8) is 0 Å². The van der Waals surface area contributed by atoms with Crippen molar-refractivity contribution in [2.24, 2.45) is 0 Å². The molecule has 10 heteroatoms. The zero-order chi connectivity index (χ0) is 26.9. The molecular weight excluding hydrogens is 484 g/mol. The zero-order valence-corrected chi connectivity index (χ0v) is 22.1. The van der Waals surface area contributed by atoms with E-state index in [1.807, 2.05) is 20.8 Å². The minimum atomic E-state index is -0.960. The summed E-state index contributed by atoms with van der Waals surface area (Å²) in [4.78, 5) is 34.7. The topological polar surface area (TPSA) is 122 Å². The lowest BCUT2D eigenvalue weighted by molar-refractivity contribution is -0.137. The van der Waals surface area contributed by atoms with Gasteiger partial charge >= 0.3 is 12.1 Å². The average molecular weight is 519 g/mol.